The molecule has 1 aliphatic heterocycles. The lowest BCUT2D eigenvalue weighted by Crippen LogP contribution is -2.29. The van der Waals surface area contributed by atoms with Gasteiger partial charge in [-0.15, -0.1) is 0 Å². The minimum atomic E-state index is -0.416. The average molecular weight is 389 g/mol. The van der Waals surface area contributed by atoms with Crippen LogP contribution in [0.3, 0.4) is 0 Å². The van der Waals surface area contributed by atoms with Crippen LogP contribution in [0.25, 0.3) is 22.6 Å². The van der Waals surface area contributed by atoms with Crippen molar-refractivity contribution in [3.8, 4) is 22.6 Å². The number of benzene rings is 2. The molecule has 1 amide bonds. The number of nitrogens with two attached hydrogens (primary N) is 1. The Balaban J connectivity index is 1.47. The highest BCUT2D eigenvalue weighted by atomic mass is 16.4. The molecule has 1 fully saturated rings. The van der Waals surface area contributed by atoms with E-state index in [1.54, 1.807) is 12.1 Å². The Bertz CT molecular complexity index is 990. The smallest absolute Gasteiger partial charge is 0.248 e. The maximum atomic E-state index is 11.2. The second kappa shape index (κ2) is 8.21. The molecule has 0 unspecified atom stereocenters. The van der Waals surface area contributed by atoms with E-state index in [9.17, 15) is 4.79 Å². The monoisotopic (exact) mass is 389 g/mol. The van der Waals surface area contributed by atoms with Crippen LogP contribution in [0.2, 0.25) is 0 Å². The predicted molar refractivity (Wildman–Crippen MR) is 115 cm³/mol. The molecule has 2 N–H and O–H groups in total. The van der Waals surface area contributed by atoms with Gasteiger partial charge in [0.1, 0.15) is 5.76 Å². The van der Waals surface area contributed by atoms with Crippen molar-refractivity contribution >= 4 is 5.91 Å². The predicted octanol–water partition coefficient (Wildman–Crippen LogP) is 4.44. The van der Waals surface area contributed by atoms with Gasteiger partial charge in [-0.05, 0) is 68.6 Å². The van der Waals surface area contributed by atoms with E-state index in [1.807, 2.05) is 43.3 Å². The van der Waals surface area contributed by atoms with Gasteiger partial charge in [-0.1, -0.05) is 24.3 Å². The molecule has 0 radical (unpaired) electrons. The van der Waals surface area contributed by atoms with Crippen LogP contribution < -0.4 is 5.73 Å². The third kappa shape index (κ3) is 4.25. The summed E-state index contributed by atoms with van der Waals surface area (Å²) in [6.07, 6.45) is 3.51. The first-order valence-corrected chi connectivity index (χ1v) is 10.2. The average Bonchev–Trinajstić information content (AvgIpc) is 3.31. The fraction of sp³-hybridized carbons (Fsp3) is 0.333. The number of carbonyl (C=O) groups is 1. The van der Waals surface area contributed by atoms with E-state index < -0.39 is 5.91 Å². The highest BCUT2D eigenvalue weighted by Crippen LogP contribution is 2.27. The third-order valence-corrected chi connectivity index (χ3v) is 5.85. The Labute approximate surface area is 171 Å². The first-order valence-electron chi connectivity index (χ1n) is 10.2. The van der Waals surface area contributed by atoms with Gasteiger partial charge in [-0.3, -0.25) is 4.79 Å². The number of aryl methyl sites for hydroxylation is 1. The Morgan fingerprint density at radius 1 is 1.10 bits per heavy atom. The van der Waals surface area contributed by atoms with Gasteiger partial charge in [0, 0.05) is 30.1 Å². The van der Waals surface area contributed by atoms with Crippen LogP contribution in [-0.4, -0.2) is 34.9 Å². The summed E-state index contributed by atoms with van der Waals surface area (Å²) in [6.45, 7) is 6.52. The largest absolute Gasteiger partial charge is 0.441 e. The van der Waals surface area contributed by atoms with Crippen molar-refractivity contribution < 1.29 is 9.21 Å². The number of hydrogen-bond acceptors (Lipinski definition) is 4. The number of aromatic nitrogens is 1. The van der Waals surface area contributed by atoms with E-state index in [0.717, 1.165) is 41.1 Å². The zero-order valence-corrected chi connectivity index (χ0v) is 17.0. The summed E-state index contributed by atoms with van der Waals surface area (Å²) in [7, 11) is 0. The fourth-order valence-electron chi connectivity index (χ4n) is 3.99. The summed E-state index contributed by atoms with van der Waals surface area (Å²) in [5, 5.41) is 0. The quantitative estimate of drug-likeness (QED) is 0.676. The Kier molecular flexibility index (Phi) is 5.49. The van der Waals surface area contributed by atoms with Crippen LogP contribution in [0.15, 0.2) is 52.9 Å². The van der Waals surface area contributed by atoms with E-state index in [-0.39, 0.29) is 0 Å². The van der Waals surface area contributed by atoms with Crippen LogP contribution in [0, 0.1) is 6.92 Å². The maximum absolute atomic E-state index is 11.2. The van der Waals surface area contributed by atoms with Crippen molar-refractivity contribution in [2.45, 2.75) is 39.2 Å². The van der Waals surface area contributed by atoms with Crippen LogP contribution in [-0.2, 0) is 6.42 Å². The van der Waals surface area contributed by atoms with Crippen LogP contribution in [0.5, 0.6) is 0 Å². The summed E-state index contributed by atoms with van der Waals surface area (Å²) in [5.74, 6) is 1.15. The standard InChI is InChI=1S/C24H27N3O2/c1-16-4-3-14-27(16)15-13-22-17(2)29-24(26-22)21-11-7-19(8-12-21)18-5-9-20(10-6-18)23(25)28/h5-12,16H,3-4,13-15H2,1-2H3,(H2,25,28)/t16-/m1/s1. The lowest BCUT2D eigenvalue weighted by Gasteiger charge is -2.20. The Hall–Kier alpha value is -2.92. The molecule has 5 heteroatoms. The van der Waals surface area contributed by atoms with Gasteiger partial charge in [0.2, 0.25) is 11.8 Å². The van der Waals surface area contributed by atoms with E-state index in [1.165, 1.54) is 19.4 Å². The molecular weight excluding hydrogens is 362 g/mol. The molecule has 1 saturated heterocycles. The summed E-state index contributed by atoms with van der Waals surface area (Å²) < 4.78 is 5.95. The molecule has 4 rings (SSSR count). The summed E-state index contributed by atoms with van der Waals surface area (Å²) in [6, 6.07) is 16.1. The molecule has 1 aliphatic rings. The molecule has 29 heavy (non-hydrogen) atoms. The Morgan fingerprint density at radius 3 is 2.31 bits per heavy atom. The van der Waals surface area contributed by atoms with E-state index in [4.69, 9.17) is 15.1 Å². The first kappa shape index (κ1) is 19.4. The number of rotatable bonds is 6. The van der Waals surface area contributed by atoms with Crippen molar-refractivity contribution in [3.05, 3.63) is 65.5 Å². The fourth-order valence-corrected chi connectivity index (χ4v) is 3.99. The van der Waals surface area contributed by atoms with E-state index in [2.05, 4.69) is 11.8 Å². The minimum absolute atomic E-state index is 0.416. The highest BCUT2D eigenvalue weighted by molar-refractivity contribution is 5.93. The second-order valence-corrected chi connectivity index (χ2v) is 7.82. The molecule has 150 valence electrons. The van der Waals surface area contributed by atoms with Crippen molar-refractivity contribution in [2.24, 2.45) is 5.73 Å². The van der Waals surface area contributed by atoms with Crippen molar-refractivity contribution in [2.75, 3.05) is 13.1 Å². The number of primary amides is 1. The topological polar surface area (TPSA) is 72.4 Å². The zero-order valence-electron chi connectivity index (χ0n) is 17.0. The molecule has 2 aromatic carbocycles. The summed E-state index contributed by atoms with van der Waals surface area (Å²) >= 11 is 0. The van der Waals surface area contributed by atoms with Crippen molar-refractivity contribution in [3.63, 3.8) is 0 Å². The van der Waals surface area contributed by atoms with Gasteiger partial charge in [-0.25, -0.2) is 4.98 Å². The maximum Gasteiger partial charge on any atom is 0.248 e. The third-order valence-electron chi connectivity index (χ3n) is 5.85. The van der Waals surface area contributed by atoms with Gasteiger partial charge in [0.15, 0.2) is 0 Å². The number of carbonyl (C=O) groups excluding carboxylic acids is 1. The molecule has 5 nitrogen and oxygen atoms in total. The van der Waals surface area contributed by atoms with E-state index in [0.29, 0.717) is 17.5 Å². The van der Waals surface area contributed by atoms with Gasteiger partial charge in [0.05, 0.1) is 5.69 Å². The molecule has 0 bridgehead atoms. The van der Waals surface area contributed by atoms with Crippen molar-refractivity contribution in [1.82, 2.24) is 9.88 Å². The van der Waals surface area contributed by atoms with Crippen LogP contribution >= 0.6 is 0 Å². The molecule has 0 saturated carbocycles. The van der Waals surface area contributed by atoms with Gasteiger partial charge in [-0.2, -0.15) is 0 Å². The molecule has 3 aromatic rings. The van der Waals surface area contributed by atoms with Crippen molar-refractivity contribution in [1.29, 1.82) is 0 Å². The molecule has 1 aromatic heterocycles. The minimum Gasteiger partial charge on any atom is -0.441 e. The number of nitrogens with zero attached hydrogens (tertiary/aromatic N) is 2. The van der Waals surface area contributed by atoms with Gasteiger partial charge in [0.25, 0.3) is 0 Å². The lowest BCUT2D eigenvalue weighted by atomic mass is 10.0. The number of oxazole rings is 1. The second-order valence-electron chi connectivity index (χ2n) is 7.82. The Morgan fingerprint density at radius 2 is 1.72 bits per heavy atom. The number of amides is 1. The van der Waals surface area contributed by atoms with Gasteiger partial charge < -0.3 is 15.1 Å². The number of hydrogen-bond donors (Lipinski definition) is 1. The molecule has 0 aliphatic carbocycles. The normalized spacial score (nSPS) is 17.0. The molecular formula is C24H27N3O2. The number of likely N-dealkylation sites (tertiary alicyclic amines) is 1. The highest BCUT2D eigenvalue weighted by Gasteiger charge is 2.21. The SMILES string of the molecule is Cc1oc(-c2ccc(-c3ccc(C(N)=O)cc3)cc2)nc1CCN1CCC[C@H]1C. The van der Waals surface area contributed by atoms with E-state index >= 15 is 0 Å². The zero-order chi connectivity index (χ0) is 20.4. The van der Waals surface area contributed by atoms with Crippen LogP contribution in [0.1, 0.15) is 41.6 Å². The molecule has 1 atom stereocenters. The van der Waals surface area contributed by atoms with Gasteiger partial charge >= 0.3 is 0 Å². The lowest BCUT2D eigenvalue weighted by molar-refractivity contribution is 0.100. The summed E-state index contributed by atoms with van der Waals surface area (Å²) in [5.41, 5.74) is 9.93. The molecule has 0 spiro atoms. The summed E-state index contributed by atoms with van der Waals surface area (Å²) in [4.78, 5) is 18.5. The first-order chi connectivity index (χ1) is 14.0. The molecule has 2 heterocycles. The van der Waals surface area contributed by atoms with Crippen LogP contribution in [0.4, 0.5) is 0 Å².